The zero-order valence-corrected chi connectivity index (χ0v) is 37.8. The lowest BCUT2D eigenvalue weighted by atomic mass is 9.90. The highest BCUT2D eigenvalue weighted by Gasteiger charge is 2.39. The van der Waals surface area contributed by atoms with Crippen molar-refractivity contribution in [1.29, 1.82) is 0 Å². The van der Waals surface area contributed by atoms with Crippen molar-refractivity contribution in [2.75, 3.05) is 45.3 Å². The normalized spacial score (nSPS) is 20.6. The van der Waals surface area contributed by atoms with E-state index in [1.165, 1.54) is 12.7 Å². The summed E-state index contributed by atoms with van der Waals surface area (Å²) in [5.74, 6) is 1.24. The Bertz CT molecular complexity index is 2500. The van der Waals surface area contributed by atoms with Gasteiger partial charge in [-0.1, -0.05) is 80.6 Å². The SMILES string of the molecule is COC(=O)NC(C(=O)N1CCCC1c1ncc(C2CNc3cc(-c4ccc(-c5cnc(C6CCCN6C(=O)C(NC(=O)OC6CCOCC6)c6ccccc6)[nH]5)cc4)ccc3C2)[nH]1)C(C)C. The minimum Gasteiger partial charge on any atom is -0.453 e. The van der Waals surface area contributed by atoms with Gasteiger partial charge in [0, 0.05) is 56.0 Å². The molecule has 0 spiro atoms. The van der Waals surface area contributed by atoms with Crippen LogP contribution in [0, 0.1) is 5.92 Å². The zero-order chi connectivity index (χ0) is 45.7. The molecule has 2 aromatic heterocycles. The van der Waals surface area contributed by atoms with Gasteiger partial charge in [-0.2, -0.15) is 0 Å². The standard InChI is InChI=1S/C50H59N9O7/c1-30(2)43(56-49(62)64-3)47(60)58-21-7-11-41(58)46-53-29-40(55-46)36-25-35-18-17-34(26-38(35)51-27-36)31-13-15-32(16-14-31)39-28-52-45(54-39)42-12-8-22-59(42)48(61)44(33-9-5-4-6-10-33)57-50(63)66-37-19-23-65-24-20-37/h4-6,9-10,13-18,26,28-30,36-37,41-44,51H,7-8,11-12,19-25,27H2,1-3H3,(H,52,54)(H,53,55)(H,56,62)(H,57,63). The molecule has 5 N–H and O–H groups in total. The third-order valence-electron chi connectivity index (χ3n) is 13.5. The van der Waals surface area contributed by atoms with E-state index in [0.29, 0.717) is 50.5 Å². The second kappa shape index (κ2) is 19.8. The predicted octanol–water partition coefficient (Wildman–Crippen LogP) is 7.57. The molecule has 4 aliphatic heterocycles. The summed E-state index contributed by atoms with van der Waals surface area (Å²) < 4.78 is 15.9. The molecule has 5 atom stereocenters. The van der Waals surface area contributed by atoms with E-state index in [0.717, 1.165) is 78.2 Å². The highest BCUT2D eigenvalue weighted by atomic mass is 16.6. The monoisotopic (exact) mass is 897 g/mol. The minimum absolute atomic E-state index is 0.100. The molecule has 0 radical (unpaired) electrons. The molecule has 3 aromatic carbocycles. The average molecular weight is 898 g/mol. The average Bonchev–Trinajstić information content (AvgIpc) is 4.20. The van der Waals surface area contributed by atoms with Gasteiger partial charge in [-0.3, -0.25) is 9.59 Å². The molecule has 9 rings (SSSR count). The third kappa shape index (κ3) is 9.64. The molecule has 5 aromatic rings. The molecule has 3 fully saturated rings. The second-order valence-electron chi connectivity index (χ2n) is 18.1. The molecular weight excluding hydrogens is 839 g/mol. The van der Waals surface area contributed by atoms with Crippen LogP contribution in [0.1, 0.15) is 105 Å². The lowest BCUT2D eigenvalue weighted by Gasteiger charge is -2.30. The lowest BCUT2D eigenvalue weighted by molar-refractivity contribution is -0.136. The lowest BCUT2D eigenvalue weighted by Crippen LogP contribution is -2.51. The first-order valence-electron chi connectivity index (χ1n) is 23.3. The number of aromatic nitrogens is 4. The van der Waals surface area contributed by atoms with Crippen LogP contribution < -0.4 is 16.0 Å². The molecule has 4 amide bonds. The van der Waals surface area contributed by atoms with Gasteiger partial charge in [-0.25, -0.2) is 19.6 Å². The number of fused-ring (bicyclic) bond motifs is 1. The maximum Gasteiger partial charge on any atom is 0.408 e. The number of methoxy groups -OCH3 is 1. The topological polar surface area (TPSA) is 196 Å². The molecule has 0 bridgehead atoms. The third-order valence-corrected chi connectivity index (χ3v) is 13.5. The van der Waals surface area contributed by atoms with E-state index < -0.39 is 24.3 Å². The summed E-state index contributed by atoms with van der Waals surface area (Å²) >= 11 is 0. The van der Waals surface area contributed by atoms with Crippen LogP contribution in [0.2, 0.25) is 0 Å². The van der Waals surface area contributed by atoms with Crippen LogP contribution in [0.15, 0.2) is 85.2 Å². The molecule has 4 aliphatic rings. The predicted molar refractivity (Wildman–Crippen MR) is 247 cm³/mol. The summed E-state index contributed by atoms with van der Waals surface area (Å²) in [7, 11) is 1.30. The van der Waals surface area contributed by atoms with Crippen molar-refractivity contribution < 1.29 is 33.4 Å². The maximum absolute atomic E-state index is 14.3. The summed E-state index contributed by atoms with van der Waals surface area (Å²) in [6.07, 6.45) is 7.59. The molecule has 5 unspecified atom stereocenters. The molecule has 66 heavy (non-hydrogen) atoms. The zero-order valence-electron chi connectivity index (χ0n) is 37.8. The molecule has 3 saturated heterocycles. The number of ether oxygens (including phenoxy) is 3. The maximum atomic E-state index is 14.3. The van der Waals surface area contributed by atoms with E-state index in [9.17, 15) is 19.2 Å². The van der Waals surface area contributed by atoms with Gasteiger partial charge in [-0.15, -0.1) is 0 Å². The van der Waals surface area contributed by atoms with Crippen LogP contribution in [0.25, 0.3) is 22.4 Å². The number of hydrogen-bond donors (Lipinski definition) is 5. The Balaban J connectivity index is 0.831. The molecule has 0 aliphatic carbocycles. The number of anilines is 1. The number of hydrogen-bond acceptors (Lipinski definition) is 10. The highest BCUT2D eigenvalue weighted by molar-refractivity contribution is 5.88. The molecule has 16 nitrogen and oxygen atoms in total. The van der Waals surface area contributed by atoms with Gasteiger partial charge < -0.3 is 49.9 Å². The van der Waals surface area contributed by atoms with Crippen LogP contribution in [-0.4, -0.2) is 106 Å². The number of imidazole rings is 2. The van der Waals surface area contributed by atoms with Crippen molar-refractivity contribution in [3.8, 4) is 22.4 Å². The molecule has 346 valence electrons. The van der Waals surface area contributed by atoms with E-state index in [-0.39, 0.29) is 41.8 Å². The van der Waals surface area contributed by atoms with Crippen LogP contribution in [0.4, 0.5) is 15.3 Å². The van der Waals surface area contributed by atoms with Crippen LogP contribution in [-0.2, 0) is 30.2 Å². The Labute approximate surface area is 384 Å². The van der Waals surface area contributed by atoms with E-state index in [4.69, 9.17) is 24.2 Å². The van der Waals surface area contributed by atoms with Crippen molar-refractivity contribution >= 4 is 29.7 Å². The van der Waals surface area contributed by atoms with Crippen molar-refractivity contribution in [3.63, 3.8) is 0 Å². The Morgan fingerprint density at radius 1 is 0.758 bits per heavy atom. The number of alkyl carbamates (subject to hydrolysis) is 2. The summed E-state index contributed by atoms with van der Waals surface area (Å²) in [4.78, 5) is 73.3. The van der Waals surface area contributed by atoms with Gasteiger partial charge in [0.25, 0.3) is 5.91 Å². The Morgan fingerprint density at radius 2 is 1.42 bits per heavy atom. The van der Waals surface area contributed by atoms with Crippen molar-refractivity contribution in [2.24, 2.45) is 5.92 Å². The number of carbonyl (C=O) groups excluding carboxylic acids is 4. The number of carbonyl (C=O) groups is 4. The van der Waals surface area contributed by atoms with Crippen LogP contribution in [0.5, 0.6) is 0 Å². The first-order valence-corrected chi connectivity index (χ1v) is 23.3. The Hall–Kier alpha value is -6.68. The first kappa shape index (κ1) is 44.5. The quantitative estimate of drug-likeness (QED) is 0.0834. The fraction of sp³-hybridized carbons (Fsp3) is 0.440. The van der Waals surface area contributed by atoms with Crippen molar-refractivity contribution in [2.45, 2.75) is 95.0 Å². The van der Waals surface area contributed by atoms with Gasteiger partial charge in [0.1, 0.15) is 29.8 Å². The van der Waals surface area contributed by atoms with Gasteiger partial charge in [-0.05, 0) is 71.9 Å². The number of amides is 4. The number of H-pyrrole nitrogens is 2. The molecule has 16 heteroatoms. The smallest absolute Gasteiger partial charge is 0.408 e. The molecular formula is C50H59N9O7. The van der Waals surface area contributed by atoms with Crippen LogP contribution in [0.3, 0.4) is 0 Å². The fourth-order valence-corrected chi connectivity index (χ4v) is 9.82. The largest absolute Gasteiger partial charge is 0.453 e. The van der Waals surface area contributed by atoms with E-state index in [1.807, 2.05) is 66.4 Å². The number of likely N-dealkylation sites (tertiary alicyclic amines) is 2. The van der Waals surface area contributed by atoms with Gasteiger partial charge in [0.2, 0.25) is 5.91 Å². The fourth-order valence-electron chi connectivity index (χ4n) is 9.82. The summed E-state index contributed by atoms with van der Waals surface area (Å²) in [5, 5.41) is 9.25. The van der Waals surface area contributed by atoms with Gasteiger partial charge in [0.15, 0.2) is 0 Å². The highest BCUT2D eigenvalue weighted by Crippen LogP contribution is 2.38. The van der Waals surface area contributed by atoms with Crippen LogP contribution >= 0.6 is 0 Å². The summed E-state index contributed by atoms with van der Waals surface area (Å²) in [6, 6.07) is 22.2. The van der Waals surface area contributed by atoms with E-state index in [2.05, 4.69) is 68.4 Å². The van der Waals surface area contributed by atoms with Gasteiger partial charge in [0.05, 0.1) is 44.3 Å². The van der Waals surface area contributed by atoms with Crippen molar-refractivity contribution in [1.82, 2.24) is 40.4 Å². The number of rotatable bonds is 12. The van der Waals surface area contributed by atoms with E-state index >= 15 is 0 Å². The summed E-state index contributed by atoms with van der Waals surface area (Å²) in [5.41, 5.74) is 8.07. The number of benzene rings is 3. The first-order chi connectivity index (χ1) is 32.1. The number of aromatic amines is 2. The second-order valence-corrected chi connectivity index (χ2v) is 18.1. The molecule has 6 heterocycles. The molecule has 0 saturated carbocycles. The van der Waals surface area contributed by atoms with Crippen molar-refractivity contribution in [3.05, 3.63) is 114 Å². The number of nitrogens with zero attached hydrogens (tertiary/aromatic N) is 4. The van der Waals surface area contributed by atoms with E-state index in [1.54, 1.807) is 0 Å². The summed E-state index contributed by atoms with van der Waals surface area (Å²) in [6.45, 7) is 6.81. The Kier molecular flexibility index (Phi) is 13.4. The Morgan fingerprint density at radius 3 is 2.14 bits per heavy atom. The van der Waals surface area contributed by atoms with Gasteiger partial charge >= 0.3 is 12.2 Å². The number of nitrogens with one attached hydrogen (secondary N) is 5. The minimum atomic E-state index is -0.900.